The van der Waals surface area contributed by atoms with Gasteiger partial charge >= 0.3 is 6.03 Å². The smallest absolute Gasteiger partial charge is 0.317 e. The zero-order valence-corrected chi connectivity index (χ0v) is 12.1. The maximum atomic E-state index is 12.0. The molecular formula is C15H22N2O3. The van der Waals surface area contributed by atoms with Crippen molar-refractivity contribution in [3.63, 3.8) is 0 Å². The number of hydrogen-bond acceptors (Lipinski definition) is 3. The third kappa shape index (κ3) is 4.13. The van der Waals surface area contributed by atoms with E-state index in [-0.39, 0.29) is 12.1 Å². The molecule has 1 atom stereocenters. The second kappa shape index (κ2) is 7.14. The maximum Gasteiger partial charge on any atom is 0.317 e. The Kier molecular flexibility index (Phi) is 5.24. The van der Waals surface area contributed by atoms with E-state index in [1.165, 1.54) is 0 Å². The molecule has 0 aliphatic carbocycles. The van der Waals surface area contributed by atoms with Crippen molar-refractivity contribution in [3.05, 3.63) is 29.8 Å². The minimum Gasteiger partial charge on any atom is -0.497 e. The number of carbonyl (C=O) groups excluding carboxylic acids is 1. The third-order valence-corrected chi connectivity index (χ3v) is 3.41. The van der Waals surface area contributed by atoms with Crippen LogP contribution in [0.1, 0.15) is 18.4 Å². The van der Waals surface area contributed by atoms with Crippen LogP contribution < -0.4 is 10.1 Å². The number of methoxy groups -OCH3 is 1. The van der Waals surface area contributed by atoms with Gasteiger partial charge in [0, 0.05) is 26.7 Å². The first kappa shape index (κ1) is 14.7. The van der Waals surface area contributed by atoms with E-state index >= 15 is 0 Å². The first-order valence-electron chi connectivity index (χ1n) is 6.92. The molecule has 1 aromatic carbocycles. The zero-order chi connectivity index (χ0) is 14.4. The number of amides is 2. The molecule has 0 spiro atoms. The van der Waals surface area contributed by atoms with Crippen LogP contribution >= 0.6 is 0 Å². The highest BCUT2D eigenvalue weighted by Crippen LogP contribution is 2.14. The molecule has 0 radical (unpaired) electrons. The van der Waals surface area contributed by atoms with Crippen molar-refractivity contribution < 1.29 is 14.3 Å². The summed E-state index contributed by atoms with van der Waals surface area (Å²) in [6.07, 6.45) is 2.28. The summed E-state index contributed by atoms with van der Waals surface area (Å²) in [4.78, 5) is 13.6. The van der Waals surface area contributed by atoms with Gasteiger partial charge in [0.1, 0.15) is 5.75 Å². The fraction of sp³-hybridized carbons (Fsp3) is 0.533. The summed E-state index contributed by atoms with van der Waals surface area (Å²) in [7, 11) is 3.42. The number of hydrogen-bond donors (Lipinski definition) is 1. The number of rotatable bonds is 5. The molecule has 5 heteroatoms. The van der Waals surface area contributed by atoms with Crippen LogP contribution in [0.3, 0.4) is 0 Å². The number of nitrogens with zero attached hydrogens (tertiary/aromatic N) is 1. The monoisotopic (exact) mass is 278 g/mol. The third-order valence-electron chi connectivity index (χ3n) is 3.41. The average Bonchev–Trinajstić information content (AvgIpc) is 2.98. The topological polar surface area (TPSA) is 50.8 Å². The highest BCUT2D eigenvalue weighted by atomic mass is 16.5. The van der Waals surface area contributed by atoms with Crippen molar-refractivity contribution in [1.29, 1.82) is 0 Å². The lowest BCUT2D eigenvalue weighted by Gasteiger charge is -2.19. The number of nitrogens with one attached hydrogen (secondary N) is 1. The van der Waals surface area contributed by atoms with Gasteiger partial charge in [-0.05, 0) is 30.5 Å². The van der Waals surface area contributed by atoms with Gasteiger partial charge in [-0.3, -0.25) is 0 Å². The standard InChI is InChI=1S/C15H22N2O3/c1-17(11-12-5-3-6-13(9-12)19-2)15(18)16-10-14-7-4-8-20-14/h3,5-6,9,14H,4,7-8,10-11H2,1-2H3,(H,16,18). The molecule has 5 nitrogen and oxygen atoms in total. The summed E-state index contributed by atoms with van der Waals surface area (Å²) < 4.78 is 10.7. The lowest BCUT2D eigenvalue weighted by atomic mass is 10.2. The van der Waals surface area contributed by atoms with Gasteiger partial charge in [-0.1, -0.05) is 12.1 Å². The summed E-state index contributed by atoms with van der Waals surface area (Å²) in [6.45, 7) is 1.94. The van der Waals surface area contributed by atoms with Gasteiger partial charge < -0.3 is 19.7 Å². The average molecular weight is 278 g/mol. The summed E-state index contributed by atoms with van der Waals surface area (Å²) in [5.41, 5.74) is 1.04. The number of urea groups is 1. The lowest BCUT2D eigenvalue weighted by molar-refractivity contribution is 0.109. The first-order valence-corrected chi connectivity index (χ1v) is 6.92. The Morgan fingerprint density at radius 2 is 2.40 bits per heavy atom. The van der Waals surface area contributed by atoms with Gasteiger partial charge in [0.25, 0.3) is 0 Å². The molecule has 1 unspecified atom stereocenters. The first-order chi connectivity index (χ1) is 9.69. The molecule has 1 aromatic rings. The molecule has 2 rings (SSSR count). The second-order valence-corrected chi connectivity index (χ2v) is 5.03. The van der Waals surface area contributed by atoms with Crippen LogP contribution in [0.15, 0.2) is 24.3 Å². The predicted molar refractivity (Wildman–Crippen MR) is 76.8 cm³/mol. The molecule has 1 heterocycles. The van der Waals surface area contributed by atoms with E-state index in [2.05, 4.69) is 5.32 Å². The molecule has 0 saturated carbocycles. The molecule has 1 fully saturated rings. The summed E-state index contributed by atoms with van der Waals surface area (Å²) in [5.74, 6) is 0.802. The van der Waals surface area contributed by atoms with Gasteiger partial charge in [-0.15, -0.1) is 0 Å². The van der Waals surface area contributed by atoms with Crippen LogP contribution in [0.25, 0.3) is 0 Å². The van der Waals surface area contributed by atoms with Gasteiger partial charge in [-0.25, -0.2) is 4.79 Å². The summed E-state index contributed by atoms with van der Waals surface area (Å²) >= 11 is 0. The second-order valence-electron chi connectivity index (χ2n) is 5.03. The molecule has 1 saturated heterocycles. The van der Waals surface area contributed by atoms with Crippen LogP contribution in [-0.2, 0) is 11.3 Å². The van der Waals surface area contributed by atoms with Gasteiger partial charge in [0.2, 0.25) is 0 Å². The quantitative estimate of drug-likeness (QED) is 0.896. The Labute approximate surface area is 119 Å². The van der Waals surface area contributed by atoms with E-state index in [9.17, 15) is 4.79 Å². The molecule has 110 valence electrons. The van der Waals surface area contributed by atoms with E-state index < -0.39 is 0 Å². The van der Waals surface area contributed by atoms with Crippen LogP contribution in [0, 0.1) is 0 Å². The molecule has 0 bridgehead atoms. The molecular weight excluding hydrogens is 256 g/mol. The molecule has 1 aliphatic rings. The maximum absolute atomic E-state index is 12.0. The Hall–Kier alpha value is -1.75. The van der Waals surface area contributed by atoms with E-state index in [0.717, 1.165) is 30.8 Å². The van der Waals surface area contributed by atoms with Crippen LogP contribution in [0.2, 0.25) is 0 Å². The van der Waals surface area contributed by atoms with E-state index in [0.29, 0.717) is 13.1 Å². The Balaban J connectivity index is 1.80. The molecule has 1 aliphatic heterocycles. The van der Waals surface area contributed by atoms with Crippen molar-refractivity contribution >= 4 is 6.03 Å². The predicted octanol–water partition coefficient (Wildman–Crippen LogP) is 2.02. The van der Waals surface area contributed by atoms with Gasteiger partial charge in [0.15, 0.2) is 0 Å². The normalized spacial score (nSPS) is 17.8. The SMILES string of the molecule is COc1cccc(CN(C)C(=O)NCC2CCCO2)c1. The van der Waals surface area contributed by atoms with Crippen molar-refractivity contribution in [2.75, 3.05) is 27.3 Å². The van der Waals surface area contributed by atoms with Crippen LogP contribution in [0.4, 0.5) is 4.79 Å². The van der Waals surface area contributed by atoms with Crippen LogP contribution in [-0.4, -0.2) is 44.3 Å². The number of ether oxygens (including phenoxy) is 2. The highest BCUT2D eigenvalue weighted by Gasteiger charge is 2.17. The minimum atomic E-state index is -0.0803. The van der Waals surface area contributed by atoms with E-state index in [1.54, 1.807) is 19.1 Å². The fourth-order valence-corrected chi connectivity index (χ4v) is 2.26. The van der Waals surface area contributed by atoms with Crippen molar-refractivity contribution in [2.24, 2.45) is 0 Å². The van der Waals surface area contributed by atoms with Crippen molar-refractivity contribution in [1.82, 2.24) is 10.2 Å². The Morgan fingerprint density at radius 3 is 3.10 bits per heavy atom. The van der Waals surface area contributed by atoms with Crippen molar-refractivity contribution in [3.8, 4) is 5.75 Å². The van der Waals surface area contributed by atoms with Crippen molar-refractivity contribution in [2.45, 2.75) is 25.5 Å². The highest BCUT2D eigenvalue weighted by molar-refractivity contribution is 5.73. The summed E-state index contributed by atoms with van der Waals surface area (Å²) in [6, 6.07) is 7.65. The Morgan fingerprint density at radius 1 is 1.55 bits per heavy atom. The molecule has 0 aromatic heterocycles. The number of carbonyl (C=O) groups is 1. The van der Waals surface area contributed by atoms with Gasteiger partial charge in [-0.2, -0.15) is 0 Å². The molecule has 20 heavy (non-hydrogen) atoms. The largest absolute Gasteiger partial charge is 0.497 e. The zero-order valence-electron chi connectivity index (χ0n) is 12.1. The molecule has 2 amide bonds. The summed E-state index contributed by atoms with van der Waals surface area (Å²) in [5, 5.41) is 2.90. The van der Waals surface area contributed by atoms with Gasteiger partial charge in [0.05, 0.1) is 13.2 Å². The molecule has 1 N–H and O–H groups in total. The van der Waals surface area contributed by atoms with E-state index in [1.807, 2.05) is 24.3 Å². The van der Waals surface area contributed by atoms with Crippen LogP contribution in [0.5, 0.6) is 5.75 Å². The number of benzene rings is 1. The Bertz CT molecular complexity index is 444. The van der Waals surface area contributed by atoms with E-state index in [4.69, 9.17) is 9.47 Å². The lowest BCUT2D eigenvalue weighted by Crippen LogP contribution is -2.40. The fourth-order valence-electron chi connectivity index (χ4n) is 2.26. The minimum absolute atomic E-state index is 0.0803.